The fourth-order valence-electron chi connectivity index (χ4n) is 2.96. The standard InChI is InChI=1S/C21H19Cl4N5O2S/c1-3-30-19(11(2)26-20(32)12-4-5-16(24)17(25)6-12)28-29-21(30)33-10-18(31)27-15-8-13(22)7-14(23)9-15/h4-9,11H,3,10H2,1-2H3,(H,26,32)(H,27,31)/t11-/m1/s1. The lowest BCUT2D eigenvalue weighted by Crippen LogP contribution is -2.28. The van der Waals surface area contributed by atoms with Crippen LogP contribution in [0, 0.1) is 0 Å². The summed E-state index contributed by atoms with van der Waals surface area (Å²) < 4.78 is 1.84. The number of carbonyl (C=O) groups excluding carboxylic acids is 2. The third-order valence-electron chi connectivity index (χ3n) is 4.46. The maximum absolute atomic E-state index is 12.6. The molecule has 3 rings (SSSR count). The minimum absolute atomic E-state index is 0.103. The van der Waals surface area contributed by atoms with Crippen molar-refractivity contribution in [1.82, 2.24) is 20.1 Å². The molecule has 12 heteroatoms. The topological polar surface area (TPSA) is 88.9 Å². The molecule has 0 radical (unpaired) electrons. The average Bonchev–Trinajstić information content (AvgIpc) is 3.16. The van der Waals surface area contributed by atoms with Crippen molar-refractivity contribution < 1.29 is 9.59 Å². The van der Waals surface area contributed by atoms with Crippen molar-refractivity contribution in [2.45, 2.75) is 31.6 Å². The van der Waals surface area contributed by atoms with Crippen LogP contribution in [0.4, 0.5) is 5.69 Å². The van der Waals surface area contributed by atoms with Gasteiger partial charge >= 0.3 is 0 Å². The van der Waals surface area contributed by atoms with E-state index < -0.39 is 6.04 Å². The fourth-order valence-corrected chi connectivity index (χ4v) is 4.59. The van der Waals surface area contributed by atoms with Gasteiger partial charge in [0.2, 0.25) is 5.91 Å². The van der Waals surface area contributed by atoms with Gasteiger partial charge < -0.3 is 15.2 Å². The number of carbonyl (C=O) groups is 2. The van der Waals surface area contributed by atoms with E-state index in [4.69, 9.17) is 46.4 Å². The molecule has 2 amide bonds. The Balaban J connectivity index is 1.64. The molecular weight excluding hydrogens is 528 g/mol. The molecule has 0 bridgehead atoms. The summed E-state index contributed by atoms with van der Waals surface area (Å²) in [5, 5.41) is 16.1. The molecule has 0 spiro atoms. The monoisotopic (exact) mass is 545 g/mol. The molecule has 2 aromatic carbocycles. The molecule has 174 valence electrons. The molecule has 33 heavy (non-hydrogen) atoms. The van der Waals surface area contributed by atoms with Gasteiger partial charge in [-0.3, -0.25) is 9.59 Å². The lowest BCUT2D eigenvalue weighted by Gasteiger charge is -2.15. The Morgan fingerprint density at radius 2 is 1.73 bits per heavy atom. The number of thioether (sulfide) groups is 1. The summed E-state index contributed by atoms with van der Waals surface area (Å²) in [6.07, 6.45) is 0. The lowest BCUT2D eigenvalue weighted by atomic mass is 10.2. The van der Waals surface area contributed by atoms with Crippen molar-refractivity contribution in [2.24, 2.45) is 0 Å². The first-order valence-corrected chi connectivity index (χ1v) is 12.3. The minimum atomic E-state index is -0.434. The molecule has 1 atom stereocenters. The summed E-state index contributed by atoms with van der Waals surface area (Å²) in [6.45, 7) is 4.29. The van der Waals surface area contributed by atoms with Gasteiger partial charge in [-0.25, -0.2) is 0 Å². The fraction of sp³-hybridized carbons (Fsp3) is 0.238. The lowest BCUT2D eigenvalue weighted by molar-refractivity contribution is -0.113. The number of benzene rings is 2. The third-order valence-corrected chi connectivity index (χ3v) is 6.60. The van der Waals surface area contributed by atoms with Crippen LogP contribution in [-0.2, 0) is 11.3 Å². The molecule has 3 aromatic rings. The van der Waals surface area contributed by atoms with Crippen molar-refractivity contribution in [3.05, 3.63) is 67.9 Å². The van der Waals surface area contributed by atoms with Gasteiger partial charge in [-0.15, -0.1) is 10.2 Å². The number of rotatable bonds is 8. The largest absolute Gasteiger partial charge is 0.342 e. The second-order valence-corrected chi connectivity index (χ2v) is 9.53. The molecule has 0 saturated heterocycles. The van der Waals surface area contributed by atoms with Crippen LogP contribution in [0.1, 0.15) is 36.1 Å². The Morgan fingerprint density at radius 3 is 2.36 bits per heavy atom. The number of hydrogen-bond donors (Lipinski definition) is 2. The van der Waals surface area contributed by atoms with Crippen LogP contribution >= 0.6 is 58.2 Å². The molecule has 0 fully saturated rings. The smallest absolute Gasteiger partial charge is 0.251 e. The van der Waals surface area contributed by atoms with Gasteiger partial charge in [0.25, 0.3) is 5.91 Å². The number of anilines is 1. The third kappa shape index (κ3) is 6.77. The molecule has 1 aromatic heterocycles. The second kappa shape index (κ2) is 11.4. The van der Waals surface area contributed by atoms with Gasteiger partial charge in [-0.2, -0.15) is 0 Å². The number of hydrogen-bond acceptors (Lipinski definition) is 5. The molecule has 0 aliphatic rings. The van der Waals surface area contributed by atoms with Crippen molar-refractivity contribution in [3.8, 4) is 0 Å². The van der Waals surface area contributed by atoms with E-state index in [0.717, 1.165) is 0 Å². The zero-order valence-electron chi connectivity index (χ0n) is 17.5. The van der Waals surface area contributed by atoms with E-state index in [1.165, 1.54) is 17.8 Å². The molecule has 0 saturated carbocycles. The van der Waals surface area contributed by atoms with Gasteiger partial charge in [0, 0.05) is 27.8 Å². The number of amides is 2. The first-order chi connectivity index (χ1) is 15.7. The van der Waals surface area contributed by atoms with Crippen LogP contribution in [-0.4, -0.2) is 32.3 Å². The highest BCUT2D eigenvalue weighted by Gasteiger charge is 2.20. The Bertz CT molecular complexity index is 1170. The summed E-state index contributed by atoms with van der Waals surface area (Å²) in [6, 6.07) is 9.03. The van der Waals surface area contributed by atoms with Gasteiger partial charge in [-0.05, 0) is 50.2 Å². The van der Waals surface area contributed by atoms with E-state index in [1.807, 2.05) is 11.5 Å². The van der Waals surface area contributed by atoms with Crippen LogP contribution in [0.3, 0.4) is 0 Å². The van der Waals surface area contributed by atoms with Crippen LogP contribution in [0.2, 0.25) is 20.1 Å². The van der Waals surface area contributed by atoms with E-state index in [-0.39, 0.29) is 17.6 Å². The number of halogens is 4. The first kappa shape index (κ1) is 25.6. The second-order valence-electron chi connectivity index (χ2n) is 6.90. The van der Waals surface area contributed by atoms with E-state index in [0.29, 0.717) is 48.9 Å². The van der Waals surface area contributed by atoms with Crippen LogP contribution in [0.25, 0.3) is 0 Å². The first-order valence-electron chi connectivity index (χ1n) is 9.75. The molecule has 0 aliphatic carbocycles. The average molecular weight is 547 g/mol. The summed E-state index contributed by atoms with van der Waals surface area (Å²) >= 11 is 25.1. The van der Waals surface area contributed by atoms with Crippen molar-refractivity contribution in [1.29, 1.82) is 0 Å². The zero-order chi connectivity index (χ0) is 24.1. The Labute approximate surface area is 215 Å². The number of aromatic nitrogens is 3. The molecular formula is C21H19Cl4N5O2S. The molecule has 1 heterocycles. The van der Waals surface area contributed by atoms with Gasteiger partial charge in [-0.1, -0.05) is 58.2 Å². The molecule has 2 N–H and O–H groups in total. The Morgan fingerprint density at radius 1 is 1.03 bits per heavy atom. The van der Waals surface area contributed by atoms with E-state index in [2.05, 4.69) is 20.8 Å². The number of nitrogens with zero attached hydrogens (tertiary/aromatic N) is 3. The summed E-state index contributed by atoms with van der Waals surface area (Å²) in [7, 11) is 0. The minimum Gasteiger partial charge on any atom is -0.342 e. The highest BCUT2D eigenvalue weighted by molar-refractivity contribution is 7.99. The summed E-state index contributed by atoms with van der Waals surface area (Å²) in [5.74, 6) is 0.106. The summed E-state index contributed by atoms with van der Waals surface area (Å²) in [5.41, 5.74) is 0.889. The highest BCUT2D eigenvalue weighted by Crippen LogP contribution is 2.25. The van der Waals surface area contributed by atoms with Crippen LogP contribution in [0.15, 0.2) is 41.6 Å². The van der Waals surface area contributed by atoms with Crippen molar-refractivity contribution in [3.63, 3.8) is 0 Å². The van der Waals surface area contributed by atoms with Crippen molar-refractivity contribution in [2.75, 3.05) is 11.1 Å². The van der Waals surface area contributed by atoms with E-state index in [1.54, 1.807) is 37.3 Å². The Hall–Kier alpha value is -1.97. The molecule has 7 nitrogen and oxygen atoms in total. The van der Waals surface area contributed by atoms with Gasteiger partial charge in [0.15, 0.2) is 11.0 Å². The Kier molecular flexibility index (Phi) is 8.89. The normalized spacial score (nSPS) is 11.8. The predicted octanol–water partition coefficient (Wildman–Crippen LogP) is 6.13. The molecule has 0 aliphatic heterocycles. The quantitative estimate of drug-likeness (QED) is 0.331. The SMILES string of the molecule is CCn1c(SCC(=O)Nc2cc(Cl)cc(Cl)c2)nnc1[C@@H](C)NC(=O)c1ccc(Cl)c(Cl)c1. The maximum Gasteiger partial charge on any atom is 0.251 e. The highest BCUT2D eigenvalue weighted by atomic mass is 35.5. The van der Waals surface area contributed by atoms with Crippen LogP contribution < -0.4 is 10.6 Å². The molecule has 0 unspecified atom stereocenters. The summed E-state index contributed by atoms with van der Waals surface area (Å²) in [4.78, 5) is 24.9. The number of nitrogens with one attached hydrogen (secondary N) is 2. The van der Waals surface area contributed by atoms with Gasteiger partial charge in [0.1, 0.15) is 0 Å². The van der Waals surface area contributed by atoms with E-state index in [9.17, 15) is 9.59 Å². The zero-order valence-corrected chi connectivity index (χ0v) is 21.4. The van der Waals surface area contributed by atoms with E-state index >= 15 is 0 Å². The predicted molar refractivity (Wildman–Crippen MR) is 134 cm³/mol. The van der Waals surface area contributed by atoms with Crippen LogP contribution in [0.5, 0.6) is 0 Å². The maximum atomic E-state index is 12.6. The van der Waals surface area contributed by atoms with Gasteiger partial charge in [0.05, 0.1) is 21.8 Å². The van der Waals surface area contributed by atoms with Crippen molar-refractivity contribution >= 4 is 75.7 Å².